The van der Waals surface area contributed by atoms with E-state index in [1.165, 1.54) is 24.1 Å². The van der Waals surface area contributed by atoms with Crippen LogP contribution in [-0.4, -0.2) is 16.2 Å². The summed E-state index contributed by atoms with van der Waals surface area (Å²) in [4.78, 5) is 16.2. The van der Waals surface area contributed by atoms with Crippen molar-refractivity contribution in [1.29, 1.82) is 0 Å². The number of thiophene rings is 1. The zero-order chi connectivity index (χ0) is 17.4. The van der Waals surface area contributed by atoms with Gasteiger partial charge in [-0.25, -0.2) is 4.79 Å². The molecule has 1 saturated carbocycles. The summed E-state index contributed by atoms with van der Waals surface area (Å²) in [6.07, 6.45) is 3.24. The second-order valence-corrected chi connectivity index (χ2v) is 7.39. The molecule has 0 bridgehead atoms. The summed E-state index contributed by atoms with van der Waals surface area (Å²) < 4.78 is 0. The van der Waals surface area contributed by atoms with E-state index in [1.54, 1.807) is 23.5 Å². The quantitative estimate of drug-likeness (QED) is 0.583. The first-order valence-corrected chi connectivity index (χ1v) is 9.20. The van der Waals surface area contributed by atoms with Gasteiger partial charge >= 0.3 is 6.09 Å². The smallest absolute Gasteiger partial charge is 0.409 e. The molecule has 126 valence electrons. The molecule has 1 aliphatic rings. The van der Waals surface area contributed by atoms with Crippen LogP contribution in [0.1, 0.15) is 24.5 Å². The predicted molar refractivity (Wildman–Crippen MR) is 102 cm³/mol. The number of nitrogens with one attached hydrogen (secondary N) is 1. The summed E-state index contributed by atoms with van der Waals surface area (Å²) in [6.45, 7) is 0. The molecule has 1 fully saturated rings. The minimum absolute atomic E-state index is 0.459. The SMILES string of the molecule is O=C(O)Nc1ccc(-c2cc(-c3ccnc(C4CC4)c3)cs2)c(Cl)c1. The van der Waals surface area contributed by atoms with Gasteiger partial charge in [-0.15, -0.1) is 11.3 Å². The number of rotatable bonds is 4. The maximum Gasteiger partial charge on any atom is 0.409 e. The Balaban J connectivity index is 1.63. The molecule has 25 heavy (non-hydrogen) atoms. The van der Waals surface area contributed by atoms with Crippen LogP contribution in [0.5, 0.6) is 0 Å². The van der Waals surface area contributed by atoms with Gasteiger partial charge in [-0.3, -0.25) is 10.3 Å². The molecule has 3 aromatic rings. The lowest BCUT2D eigenvalue weighted by Crippen LogP contribution is -2.06. The molecule has 0 spiro atoms. The van der Waals surface area contributed by atoms with E-state index in [1.807, 2.05) is 18.3 Å². The van der Waals surface area contributed by atoms with Gasteiger partial charge < -0.3 is 5.11 Å². The monoisotopic (exact) mass is 370 g/mol. The molecule has 0 radical (unpaired) electrons. The second kappa shape index (κ2) is 6.50. The highest BCUT2D eigenvalue weighted by atomic mass is 35.5. The van der Waals surface area contributed by atoms with Crippen LogP contribution in [0.2, 0.25) is 5.02 Å². The Morgan fingerprint density at radius 2 is 2.04 bits per heavy atom. The fourth-order valence-electron chi connectivity index (χ4n) is 2.78. The zero-order valence-corrected chi connectivity index (χ0v) is 14.8. The van der Waals surface area contributed by atoms with Crippen molar-refractivity contribution in [3.8, 4) is 21.6 Å². The Morgan fingerprint density at radius 3 is 2.76 bits per heavy atom. The van der Waals surface area contributed by atoms with Gasteiger partial charge in [0.15, 0.2) is 0 Å². The molecule has 0 unspecified atom stereocenters. The minimum atomic E-state index is -1.11. The number of hydrogen-bond donors (Lipinski definition) is 2. The number of carbonyl (C=O) groups is 1. The van der Waals surface area contributed by atoms with E-state index >= 15 is 0 Å². The van der Waals surface area contributed by atoms with Gasteiger partial charge in [0.2, 0.25) is 0 Å². The maximum absolute atomic E-state index is 10.7. The van der Waals surface area contributed by atoms with Gasteiger partial charge in [0.25, 0.3) is 0 Å². The van der Waals surface area contributed by atoms with E-state index in [9.17, 15) is 4.79 Å². The Kier molecular flexibility index (Phi) is 4.19. The largest absolute Gasteiger partial charge is 0.465 e. The van der Waals surface area contributed by atoms with E-state index in [-0.39, 0.29) is 0 Å². The van der Waals surface area contributed by atoms with E-state index < -0.39 is 6.09 Å². The van der Waals surface area contributed by atoms with E-state index in [0.29, 0.717) is 16.6 Å². The molecule has 0 saturated heterocycles. The number of nitrogens with zero attached hydrogens (tertiary/aromatic N) is 1. The fourth-order valence-corrected chi connectivity index (χ4v) is 4.07. The average molecular weight is 371 g/mol. The van der Waals surface area contributed by atoms with Crippen molar-refractivity contribution in [2.24, 2.45) is 0 Å². The molecule has 1 aromatic carbocycles. The lowest BCUT2D eigenvalue weighted by Gasteiger charge is -2.05. The molecule has 1 amide bonds. The number of aromatic nitrogens is 1. The highest BCUT2D eigenvalue weighted by molar-refractivity contribution is 7.14. The molecule has 2 N–H and O–H groups in total. The zero-order valence-electron chi connectivity index (χ0n) is 13.2. The summed E-state index contributed by atoms with van der Waals surface area (Å²) in [5, 5.41) is 13.7. The molecular weight excluding hydrogens is 356 g/mol. The van der Waals surface area contributed by atoms with Gasteiger partial charge in [-0.1, -0.05) is 11.6 Å². The summed E-state index contributed by atoms with van der Waals surface area (Å²) in [7, 11) is 0. The van der Waals surface area contributed by atoms with Crippen molar-refractivity contribution in [1.82, 2.24) is 4.98 Å². The number of amides is 1. The molecular formula is C19H15ClN2O2S. The van der Waals surface area contributed by atoms with Crippen molar-refractivity contribution >= 4 is 34.7 Å². The highest BCUT2D eigenvalue weighted by Crippen LogP contribution is 2.41. The first kappa shape index (κ1) is 16.1. The van der Waals surface area contributed by atoms with Crippen LogP contribution in [0.15, 0.2) is 48.0 Å². The molecule has 4 rings (SSSR count). The van der Waals surface area contributed by atoms with Crippen molar-refractivity contribution in [3.05, 3.63) is 58.7 Å². The van der Waals surface area contributed by atoms with Crippen LogP contribution < -0.4 is 5.32 Å². The van der Waals surface area contributed by atoms with Gasteiger partial charge in [-0.05, 0) is 65.7 Å². The van der Waals surface area contributed by atoms with Crippen LogP contribution >= 0.6 is 22.9 Å². The third-order valence-corrected chi connectivity index (χ3v) is 5.47. The number of hydrogen-bond acceptors (Lipinski definition) is 3. The van der Waals surface area contributed by atoms with Gasteiger partial charge in [0, 0.05) is 33.9 Å². The lowest BCUT2D eigenvalue weighted by atomic mass is 10.1. The first-order chi connectivity index (χ1) is 12.1. The van der Waals surface area contributed by atoms with E-state index in [2.05, 4.69) is 27.8 Å². The maximum atomic E-state index is 10.7. The minimum Gasteiger partial charge on any atom is -0.465 e. The number of carboxylic acid groups (broad SMARTS) is 1. The molecule has 0 aliphatic heterocycles. The molecule has 4 nitrogen and oxygen atoms in total. The average Bonchev–Trinajstić information content (AvgIpc) is 3.32. The van der Waals surface area contributed by atoms with Crippen LogP contribution in [0.25, 0.3) is 21.6 Å². The number of benzene rings is 1. The molecule has 2 heterocycles. The van der Waals surface area contributed by atoms with Crippen molar-refractivity contribution in [3.63, 3.8) is 0 Å². The van der Waals surface area contributed by atoms with Gasteiger partial charge in [-0.2, -0.15) is 0 Å². The standard InChI is InChI=1S/C19H15ClN2O2S/c20-16-9-14(22-19(23)24)3-4-15(16)18-8-13(10-25-18)12-5-6-21-17(7-12)11-1-2-11/h3-11,22H,1-2H2,(H,23,24). The lowest BCUT2D eigenvalue weighted by molar-refractivity contribution is 0.210. The highest BCUT2D eigenvalue weighted by Gasteiger charge is 2.25. The van der Waals surface area contributed by atoms with Crippen LogP contribution in [-0.2, 0) is 0 Å². The summed E-state index contributed by atoms with van der Waals surface area (Å²) in [6, 6.07) is 11.5. The van der Waals surface area contributed by atoms with E-state index in [4.69, 9.17) is 16.7 Å². The van der Waals surface area contributed by atoms with Crippen molar-refractivity contribution in [2.45, 2.75) is 18.8 Å². The van der Waals surface area contributed by atoms with Gasteiger partial charge in [0.05, 0.1) is 5.02 Å². The Bertz CT molecular complexity index is 950. The number of anilines is 1. The Labute approximate surface area is 154 Å². The molecule has 6 heteroatoms. The third-order valence-electron chi connectivity index (χ3n) is 4.20. The normalized spacial score (nSPS) is 13.6. The van der Waals surface area contributed by atoms with Crippen LogP contribution in [0.4, 0.5) is 10.5 Å². The van der Waals surface area contributed by atoms with Crippen LogP contribution in [0.3, 0.4) is 0 Å². The van der Waals surface area contributed by atoms with E-state index in [0.717, 1.165) is 16.0 Å². The topological polar surface area (TPSA) is 62.2 Å². The fraction of sp³-hybridized carbons (Fsp3) is 0.158. The van der Waals surface area contributed by atoms with Crippen molar-refractivity contribution < 1.29 is 9.90 Å². The Hall–Kier alpha value is -2.37. The predicted octanol–water partition coefficient (Wildman–Crippen LogP) is 6.10. The Morgan fingerprint density at radius 1 is 1.20 bits per heavy atom. The molecule has 2 aromatic heterocycles. The molecule has 1 aliphatic carbocycles. The van der Waals surface area contributed by atoms with Crippen LogP contribution in [0, 0.1) is 0 Å². The summed E-state index contributed by atoms with van der Waals surface area (Å²) in [5.74, 6) is 0.627. The second-order valence-electron chi connectivity index (χ2n) is 6.07. The number of halogens is 1. The van der Waals surface area contributed by atoms with Gasteiger partial charge in [0.1, 0.15) is 0 Å². The first-order valence-electron chi connectivity index (χ1n) is 7.95. The third kappa shape index (κ3) is 3.52. The summed E-state index contributed by atoms with van der Waals surface area (Å²) >= 11 is 7.96. The number of pyridine rings is 1. The molecule has 0 atom stereocenters. The summed E-state index contributed by atoms with van der Waals surface area (Å²) in [5.41, 5.74) is 4.84. The van der Waals surface area contributed by atoms with Crippen molar-refractivity contribution in [2.75, 3.05) is 5.32 Å².